The van der Waals surface area contributed by atoms with E-state index in [2.05, 4.69) is 59.4 Å². The predicted octanol–water partition coefficient (Wildman–Crippen LogP) is 5.88. The van der Waals surface area contributed by atoms with Crippen molar-refractivity contribution in [1.82, 2.24) is 14.9 Å². The highest BCUT2D eigenvalue weighted by Crippen LogP contribution is 2.53. The number of benzene rings is 2. The van der Waals surface area contributed by atoms with Crippen molar-refractivity contribution in [3.8, 4) is 0 Å². The highest BCUT2D eigenvalue weighted by atomic mass is 16.6. The number of rotatable bonds is 9. The number of aromatic nitrogens is 2. The van der Waals surface area contributed by atoms with E-state index < -0.39 is 5.60 Å². The van der Waals surface area contributed by atoms with E-state index in [1.165, 1.54) is 17.6 Å². The van der Waals surface area contributed by atoms with E-state index in [9.17, 15) is 4.79 Å². The smallest absolute Gasteiger partial charge is 0.308 e. The molecule has 2 aromatic carbocycles. The monoisotopic (exact) mass is 471 g/mol. The number of H-pyrrole nitrogens is 1. The van der Waals surface area contributed by atoms with Crippen molar-refractivity contribution >= 4 is 22.6 Å². The first-order chi connectivity index (χ1) is 16.9. The lowest BCUT2D eigenvalue weighted by Crippen LogP contribution is -2.51. The molecule has 5 heteroatoms. The number of aromatic amines is 1. The topological polar surface area (TPSA) is 58.2 Å². The third kappa shape index (κ3) is 5.06. The first kappa shape index (κ1) is 23.8. The van der Waals surface area contributed by atoms with Crippen LogP contribution in [0.25, 0.3) is 16.6 Å². The van der Waals surface area contributed by atoms with Crippen molar-refractivity contribution in [2.24, 2.45) is 17.8 Å². The first-order valence-electron chi connectivity index (χ1n) is 13.1. The van der Waals surface area contributed by atoms with Crippen LogP contribution in [-0.2, 0) is 16.0 Å². The molecule has 35 heavy (non-hydrogen) atoms. The summed E-state index contributed by atoms with van der Waals surface area (Å²) in [6.45, 7) is 5.67. The van der Waals surface area contributed by atoms with Crippen LogP contribution in [0.3, 0.4) is 0 Å². The molecule has 0 unspecified atom stereocenters. The number of esters is 1. The molecule has 3 aromatic rings. The van der Waals surface area contributed by atoms with Gasteiger partial charge in [-0.1, -0.05) is 62.4 Å². The van der Waals surface area contributed by atoms with E-state index in [4.69, 9.17) is 9.72 Å². The molecule has 1 saturated carbocycles. The Hall–Kier alpha value is -2.92. The Morgan fingerprint density at radius 3 is 2.60 bits per heavy atom. The summed E-state index contributed by atoms with van der Waals surface area (Å²) in [4.78, 5) is 23.3. The van der Waals surface area contributed by atoms with Crippen LogP contribution in [0, 0.1) is 17.8 Å². The quantitative estimate of drug-likeness (QED) is 0.396. The fourth-order valence-corrected chi connectivity index (χ4v) is 5.82. The second kappa shape index (κ2) is 9.98. The molecule has 2 bridgehead atoms. The molecule has 0 amide bonds. The van der Waals surface area contributed by atoms with Crippen molar-refractivity contribution in [2.45, 2.75) is 51.6 Å². The Kier molecular flexibility index (Phi) is 6.79. The van der Waals surface area contributed by atoms with E-state index in [-0.39, 0.29) is 17.8 Å². The first-order valence-corrected chi connectivity index (χ1v) is 13.1. The average molecular weight is 472 g/mol. The van der Waals surface area contributed by atoms with Gasteiger partial charge in [-0.25, -0.2) is 4.98 Å². The molecule has 1 heterocycles. The number of carbonyl (C=O) groups excluding carboxylic acids is 1. The molecule has 1 fully saturated rings. The van der Waals surface area contributed by atoms with Gasteiger partial charge in [0.1, 0.15) is 11.4 Å². The van der Waals surface area contributed by atoms with Crippen LogP contribution in [0.15, 0.2) is 60.7 Å². The molecule has 0 saturated heterocycles. The van der Waals surface area contributed by atoms with Gasteiger partial charge >= 0.3 is 5.97 Å². The maximum absolute atomic E-state index is 12.8. The van der Waals surface area contributed by atoms with Crippen LogP contribution >= 0.6 is 0 Å². The van der Waals surface area contributed by atoms with Crippen LogP contribution < -0.4 is 0 Å². The zero-order valence-electron chi connectivity index (χ0n) is 21.2. The maximum atomic E-state index is 12.8. The summed E-state index contributed by atoms with van der Waals surface area (Å²) in [5.41, 5.74) is 4.45. The molecular weight excluding hydrogens is 434 g/mol. The van der Waals surface area contributed by atoms with Crippen molar-refractivity contribution in [3.05, 3.63) is 72.1 Å². The Labute approximate surface area is 208 Å². The van der Waals surface area contributed by atoms with Crippen molar-refractivity contribution in [3.63, 3.8) is 0 Å². The molecule has 1 aromatic heterocycles. The van der Waals surface area contributed by atoms with Crippen LogP contribution in [-0.4, -0.2) is 46.6 Å². The summed E-state index contributed by atoms with van der Waals surface area (Å²) < 4.78 is 6.38. The molecule has 0 aliphatic heterocycles. The van der Waals surface area contributed by atoms with Crippen molar-refractivity contribution in [1.29, 1.82) is 0 Å². The molecule has 0 radical (unpaired) electrons. The number of likely N-dealkylation sites (N-methyl/N-ethyl adjacent to an activating group) is 1. The molecule has 3 aliphatic rings. The van der Waals surface area contributed by atoms with E-state index in [1.807, 2.05) is 32.0 Å². The zero-order valence-corrected chi connectivity index (χ0v) is 21.2. The Balaban J connectivity index is 1.28. The third-order valence-corrected chi connectivity index (χ3v) is 7.88. The highest BCUT2D eigenvalue weighted by molar-refractivity contribution is 5.75. The lowest BCUT2D eigenvalue weighted by atomic mass is 9.60. The SMILES string of the molecule is CC(C)C(=O)O[C@]1(CCN(C)CCc2nc3ccccc3[nH]2)C[C@@H]2CC[C@H]1C=C2c1ccccc1. The van der Waals surface area contributed by atoms with Gasteiger partial charge in [-0.15, -0.1) is 0 Å². The van der Waals surface area contributed by atoms with E-state index in [1.54, 1.807) is 0 Å². The average Bonchev–Trinajstić information content (AvgIpc) is 3.30. The molecule has 6 rings (SSSR count). The molecule has 3 atom stereocenters. The fraction of sp³-hybridized carbons (Fsp3) is 0.467. The number of allylic oxidation sites excluding steroid dienone is 1. The van der Waals surface area contributed by atoms with Gasteiger partial charge in [-0.2, -0.15) is 0 Å². The number of para-hydroxylation sites is 2. The summed E-state index contributed by atoms with van der Waals surface area (Å²) in [5.74, 6) is 1.55. The fourth-order valence-electron chi connectivity index (χ4n) is 5.82. The van der Waals surface area contributed by atoms with Gasteiger partial charge in [0.05, 0.1) is 17.0 Å². The zero-order chi connectivity index (χ0) is 24.4. The Morgan fingerprint density at radius 2 is 1.89 bits per heavy atom. The number of hydrogen-bond donors (Lipinski definition) is 1. The lowest BCUT2D eigenvalue weighted by Gasteiger charge is -2.50. The minimum atomic E-state index is -0.407. The van der Waals surface area contributed by atoms with E-state index in [0.29, 0.717) is 5.92 Å². The normalized spacial score (nSPS) is 23.7. The summed E-state index contributed by atoms with van der Waals surface area (Å²) >= 11 is 0. The number of hydrogen-bond acceptors (Lipinski definition) is 4. The molecule has 184 valence electrons. The van der Waals surface area contributed by atoms with Gasteiger partial charge in [0.25, 0.3) is 0 Å². The lowest BCUT2D eigenvalue weighted by molar-refractivity contribution is -0.176. The van der Waals surface area contributed by atoms with E-state index >= 15 is 0 Å². The summed E-state index contributed by atoms with van der Waals surface area (Å²) in [5, 5.41) is 0. The number of nitrogens with zero attached hydrogens (tertiary/aromatic N) is 2. The molecule has 1 N–H and O–H groups in total. The Morgan fingerprint density at radius 1 is 1.11 bits per heavy atom. The third-order valence-electron chi connectivity index (χ3n) is 7.88. The number of nitrogens with one attached hydrogen (secondary N) is 1. The summed E-state index contributed by atoms with van der Waals surface area (Å²) in [6, 6.07) is 18.9. The van der Waals surface area contributed by atoms with Gasteiger partial charge in [0.15, 0.2) is 0 Å². The Bertz CT molecular complexity index is 1170. The van der Waals surface area contributed by atoms with Gasteiger partial charge in [-0.3, -0.25) is 4.79 Å². The highest BCUT2D eigenvalue weighted by Gasteiger charge is 2.50. The number of imidazole rings is 1. The standard InChI is InChI=1S/C30H37N3O2/c1-21(2)29(34)35-30(20-23-13-14-24(30)19-25(23)22-9-5-4-6-10-22)16-18-33(3)17-15-28-31-26-11-7-8-12-27(26)32-28/h4-12,19,21,23-24H,13-18,20H2,1-3H3,(H,31,32)/t23-,24-,30+/m0/s1. The molecule has 0 spiro atoms. The van der Waals surface area contributed by atoms with Crippen LogP contribution in [0.4, 0.5) is 0 Å². The van der Waals surface area contributed by atoms with Crippen LogP contribution in [0.2, 0.25) is 0 Å². The molecular formula is C30H37N3O2. The number of ether oxygens (including phenoxy) is 1. The second-order valence-corrected chi connectivity index (χ2v) is 10.7. The molecule has 3 aliphatic carbocycles. The minimum Gasteiger partial charge on any atom is -0.458 e. The number of fused-ring (bicyclic) bond motifs is 3. The van der Waals surface area contributed by atoms with Gasteiger partial charge in [0, 0.05) is 31.8 Å². The second-order valence-electron chi connectivity index (χ2n) is 10.7. The predicted molar refractivity (Wildman–Crippen MR) is 141 cm³/mol. The van der Waals surface area contributed by atoms with Gasteiger partial charge in [-0.05, 0) is 55.5 Å². The summed E-state index contributed by atoms with van der Waals surface area (Å²) in [6.07, 6.45) is 7.35. The van der Waals surface area contributed by atoms with E-state index in [0.717, 1.165) is 55.6 Å². The van der Waals surface area contributed by atoms with Crippen LogP contribution in [0.5, 0.6) is 0 Å². The number of carbonyl (C=O) groups is 1. The van der Waals surface area contributed by atoms with Crippen molar-refractivity contribution < 1.29 is 9.53 Å². The van der Waals surface area contributed by atoms with Gasteiger partial charge < -0.3 is 14.6 Å². The maximum Gasteiger partial charge on any atom is 0.308 e. The van der Waals surface area contributed by atoms with Gasteiger partial charge in [0.2, 0.25) is 0 Å². The van der Waals surface area contributed by atoms with Crippen LogP contribution in [0.1, 0.15) is 50.9 Å². The minimum absolute atomic E-state index is 0.0721. The van der Waals surface area contributed by atoms with Crippen molar-refractivity contribution in [2.75, 3.05) is 20.1 Å². The largest absolute Gasteiger partial charge is 0.458 e. The molecule has 5 nitrogen and oxygen atoms in total. The summed E-state index contributed by atoms with van der Waals surface area (Å²) in [7, 11) is 2.16.